The van der Waals surface area contributed by atoms with Crippen molar-refractivity contribution in [1.29, 1.82) is 0 Å². The zero-order chi connectivity index (χ0) is 7.53. The van der Waals surface area contributed by atoms with Gasteiger partial charge in [-0.3, -0.25) is 0 Å². The third-order valence-electron chi connectivity index (χ3n) is 4.84. The van der Waals surface area contributed by atoms with Crippen molar-refractivity contribution in [3.8, 4) is 0 Å². The lowest BCUT2D eigenvalue weighted by Gasteiger charge is -2.22. The lowest BCUT2D eigenvalue weighted by molar-refractivity contribution is 0.277. The molecular formula is C10H17N. The minimum atomic E-state index is 0.603. The van der Waals surface area contributed by atoms with Crippen LogP contribution in [-0.4, -0.2) is 6.04 Å². The molecule has 3 aliphatic carbocycles. The lowest BCUT2D eigenvalue weighted by atomic mass is 9.82. The molecule has 0 spiro atoms. The normalized spacial score (nSPS) is 60.3. The molecule has 0 saturated heterocycles. The molecule has 0 heterocycles. The zero-order valence-corrected chi connectivity index (χ0v) is 7.10. The summed E-state index contributed by atoms with van der Waals surface area (Å²) < 4.78 is 0. The Bertz CT molecular complexity index is 181. The standard InChI is InChI=1S/C10H17N/c11-8-9-4-1-2-5-10(8,9)7-3-6-9/h8H,1-7,11H2. The summed E-state index contributed by atoms with van der Waals surface area (Å²) in [5.41, 5.74) is 7.55. The second-order valence-corrected chi connectivity index (χ2v) is 4.85. The van der Waals surface area contributed by atoms with Crippen molar-refractivity contribution in [3.63, 3.8) is 0 Å². The second kappa shape index (κ2) is 1.66. The Morgan fingerprint density at radius 2 is 1.27 bits per heavy atom. The fourth-order valence-corrected chi connectivity index (χ4v) is 4.24. The Hall–Kier alpha value is -0.0400. The Balaban J connectivity index is 1.99. The molecular weight excluding hydrogens is 134 g/mol. The Labute approximate surface area is 68.3 Å². The van der Waals surface area contributed by atoms with Crippen LogP contribution in [0.4, 0.5) is 0 Å². The minimum Gasteiger partial charge on any atom is -0.327 e. The van der Waals surface area contributed by atoms with Crippen molar-refractivity contribution in [2.45, 2.75) is 51.0 Å². The number of rotatable bonds is 0. The summed E-state index contributed by atoms with van der Waals surface area (Å²) in [6.07, 6.45) is 10.2. The first-order valence-corrected chi connectivity index (χ1v) is 5.07. The average molecular weight is 151 g/mol. The first kappa shape index (κ1) is 6.47. The molecule has 62 valence electrons. The van der Waals surface area contributed by atoms with Gasteiger partial charge in [0.15, 0.2) is 0 Å². The van der Waals surface area contributed by atoms with Crippen molar-refractivity contribution in [2.24, 2.45) is 16.6 Å². The van der Waals surface area contributed by atoms with Crippen molar-refractivity contribution in [1.82, 2.24) is 0 Å². The van der Waals surface area contributed by atoms with Crippen molar-refractivity contribution < 1.29 is 0 Å². The van der Waals surface area contributed by atoms with E-state index in [2.05, 4.69) is 0 Å². The van der Waals surface area contributed by atoms with Crippen LogP contribution in [0.5, 0.6) is 0 Å². The molecule has 0 aromatic carbocycles. The molecule has 0 aromatic rings. The zero-order valence-electron chi connectivity index (χ0n) is 7.10. The second-order valence-electron chi connectivity index (χ2n) is 4.85. The van der Waals surface area contributed by atoms with Gasteiger partial charge in [0.2, 0.25) is 0 Å². The van der Waals surface area contributed by atoms with Crippen LogP contribution >= 0.6 is 0 Å². The van der Waals surface area contributed by atoms with Gasteiger partial charge in [-0.05, 0) is 36.5 Å². The van der Waals surface area contributed by atoms with E-state index in [1.807, 2.05) is 0 Å². The molecule has 0 amide bonds. The first-order valence-electron chi connectivity index (χ1n) is 5.07. The highest BCUT2D eigenvalue weighted by Crippen LogP contribution is 2.78. The van der Waals surface area contributed by atoms with Crippen LogP contribution in [0, 0.1) is 10.8 Å². The van der Waals surface area contributed by atoms with E-state index in [4.69, 9.17) is 5.73 Å². The molecule has 0 radical (unpaired) electrons. The van der Waals surface area contributed by atoms with Gasteiger partial charge in [-0.2, -0.15) is 0 Å². The maximum Gasteiger partial charge on any atom is 0.0164 e. The highest BCUT2D eigenvalue weighted by atomic mass is 14.9. The van der Waals surface area contributed by atoms with E-state index in [0.717, 1.165) is 0 Å². The van der Waals surface area contributed by atoms with Crippen LogP contribution in [0.2, 0.25) is 0 Å². The molecule has 1 heteroatoms. The van der Waals surface area contributed by atoms with Crippen LogP contribution in [0.15, 0.2) is 0 Å². The van der Waals surface area contributed by atoms with Gasteiger partial charge in [0, 0.05) is 6.04 Å². The van der Waals surface area contributed by atoms with Gasteiger partial charge in [-0.25, -0.2) is 0 Å². The monoisotopic (exact) mass is 151 g/mol. The summed E-state index contributed by atoms with van der Waals surface area (Å²) >= 11 is 0. The van der Waals surface area contributed by atoms with Crippen molar-refractivity contribution >= 4 is 0 Å². The van der Waals surface area contributed by atoms with E-state index >= 15 is 0 Å². The Morgan fingerprint density at radius 1 is 0.818 bits per heavy atom. The SMILES string of the molecule is NC1C23CCCCC12CCC3. The molecule has 3 rings (SSSR count). The predicted molar refractivity (Wildman–Crippen MR) is 45.2 cm³/mol. The predicted octanol–water partition coefficient (Wildman–Crippen LogP) is 2.06. The van der Waals surface area contributed by atoms with Crippen LogP contribution in [-0.2, 0) is 0 Å². The third kappa shape index (κ3) is 0.488. The number of hydrogen-bond donors (Lipinski definition) is 1. The largest absolute Gasteiger partial charge is 0.327 e. The Morgan fingerprint density at radius 3 is 1.82 bits per heavy atom. The van der Waals surface area contributed by atoms with Crippen LogP contribution in [0.1, 0.15) is 44.9 Å². The molecule has 0 aromatic heterocycles. The van der Waals surface area contributed by atoms with Crippen molar-refractivity contribution in [2.75, 3.05) is 0 Å². The fourth-order valence-electron chi connectivity index (χ4n) is 4.24. The average Bonchev–Trinajstić information content (AvgIpc) is 2.44. The number of nitrogens with two attached hydrogens (primary N) is 1. The molecule has 2 atom stereocenters. The molecule has 3 aliphatic rings. The van der Waals surface area contributed by atoms with E-state index in [1.165, 1.54) is 44.9 Å². The summed E-state index contributed by atoms with van der Waals surface area (Å²) in [6, 6.07) is 0.603. The summed E-state index contributed by atoms with van der Waals surface area (Å²) in [4.78, 5) is 0. The minimum absolute atomic E-state index is 0.603. The molecule has 0 aliphatic heterocycles. The highest BCUT2D eigenvalue weighted by molar-refractivity contribution is 5.28. The van der Waals surface area contributed by atoms with E-state index in [9.17, 15) is 0 Å². The Kier molecular flexibility index (Phi) is 0.976. The van der Waals surface area contributed by atoms with E-state index < -0.39 is 0 Å². The summed E-state index contributed by atoms with van der Waals surface area (Å²) in [6.45, 7) is 0. The third-order valence-corrected chi connectivity index (χ3v) is 4.84. The molecule has 11 heavy (non-hydrogen) atoms. The topological polar surface area (TPSA) is 26.0 Å². The summed E-state index contributed by atoms with van der Waals surface area (Å²) in [5, 5.41) is 0. The number of hydrogen-bond acceptors (Lipinski definition) is 1. The van der Waals surface area contributed by atoms with Gasteiger partial charge in [0.05, 0.1) is 0 Å². The highest BCUT2D eigenvalue weighted by Gasteiger charge is 2.75. The van der Waals surface area contributed by atoms with Gasteiger partial charge in [-0.15, -0.1) is 0 Å². The van der Waals surface area contributed by atoms with Gasteiger partial charge in [-0.1, -0.05) is 19.3 Å². The fraction of sp³-hybridized carbons (Fsp3) is 1.00. The summed E-state index contributed by atoms with van der Waals surface area (Å²) in [7, 11) is 0. The maximum atomic E-state index is 6.20. The maximum absolute atomic E-state index is 6.20. The molecule has 3 fully saturated rings. The van der Waals surface area contributed by atoms with Crippen LogP contribution < -0.4 is 5.73 Å². The molecule has 0 bridgehead atoms. The van der Waals surface area contributed by atoms with Gasteiger partial charge in [0.25, 0.3) is 0 Å². The molecule has 2 N–H and O–H groups in total. The van der Waals surface area contributed by atoms with Crippen LogP contribution in [0.25, 0.3) is 0 Å². The van der Waals surface area contributed by atoms with E-state index in [-0.39, 0.29) is 0 Å². The first-order chi connectivity index (χ1) is 5.32. The smallest absolute Gasteiger partial charge is 0.0164 e. The summed E-state index contributed by atoms with van der Waals surface area (Å²) in [5.74, 6) is 0. The molecule has 1 nitrogen and oxygen atoms in total. The van der Waals surface area contributed by atoms with Gasteiger partial charge < -0.3 is 5.73 Å². The van der Waals surface area contributed by atoms with E-state index in [1.54, 1.807) is 0 Å². The molecule has 3 saturated carbocycles. The van der Waals surface area contributed by atoms with E-state index in [0.29, 0.717) is 16.9 Å². The molecule has 2 unspecified atom stereocenters. The lowest BCUT2D eigenvalue weighted by Crippen LogP contribution is -2.14. The van der Waals surface area contributed by atoms with Gasteiger partial charge >= 0.3 is 0 Å². The quantitative estimate of drug-likeness (QED) is 0.563. The van der Waals surface area contributed by atoms with Crippen LogP contribution in [0.3, 0.4) is 0 Å². The van der Waals surface area contributed by atoms with Gasteiger partial charge in [0.1, 0.15) is 0 Å². The van der Waals surface area contributed by atoms with Crippen molar-refractivity contribution in [3.05, 3.63) is 0 Å².